The summed E-state index contributed by atoms with van der Waals surface area (Å²) in [6, 6.07) is 10.5. The van der Waals surface area contributed by atoms with Gasteiger partial charge in [0.05, 0.1) is 11.9 Å². The minimum absolute atomic E-state index is 0.251. The second-order valence-corrected chi connectivity index (χ2v) is 6.47. The van der Waals surface area contributed by atoms with Crippen molar-refractivity contribution in [1.82, 2.24) is 15.5 Å². The van der Waals surface area contributed by atoms with Gasteiger partial charge in [-0.2, -0.15) is 0 Å². The lowest BCUT2D eigenvalue weighted by Gasteiger charge is -2.07. The normalized spacial score (nSPS) is 10.6. The van der Waals surface area contributed by atoms with E-state index in [2.05, 4.69) is 20.8 Å². The predicted molar refractivity (Wildman–Crippen MR) is 101 cm³/mol. The number of benzene rings is 1. The predicted octanol–water partition coefficient (Wildman–Crippen LogP) is 4.40. The molecule has 0 bridgehead atoms. The van der Waals surface area contributed by atoms with Crippen LogP contribution in [0.4, 0.5) is 11.5 Å². The van der Waals surface area contributed by atoms with Crippen molar-refractivity contribution in [3.63, 3.8) is 0 Å². The monoisotopic (exact) mass is 390 g/mol. The first-order valence-electron chi connectivity index (χ1n) is 7.90. The fourth-order valence-corrected chi connectivity index (χ4v) is 2.80. The molecular weight excluding hydrogens is 375 g/mol. The number of anilines is 2. The van der Waals surface area contributed by atoms with E-state index in [1.165, 1.54) is 0 Å². The number of aromatic nitrogens is 2. The minimum Gasteiger partial charge on any atom is -0.360 e. The SMILES string of the molecule is Cc1cc(Nc2ccc(C(=O)NCCc3ccc(Cl)cc3Cl)nc2)no1. The summed E-state index contributed by atoms with van der Waals surface area (Å²) in [6.45, 7) is 2.25. The number of halogens is 2. The number of aryl methyl sites for hydroxylation is 1. The topological polar surface area (TPSA) is 80.0 Å². The number of amides is 1. The lowest BCUT2D eigenvalue weighted by atomic mass is 10.1. The molecule has 134 valence electrons. The van der Waals surface area contributed by atoms with Gasteiger partial charge < -0.3 is 15.2 Å². The fraction of sp³-hybridized carbons (Fsp3) is 0.167. The van der Waals surface area contributed by atoms with Gasteiger partial charge in [-0.3, -0.25) is 4.79 Å². The summed E-state index contributed by atoms with van der Waals surface area (Å²) in [6.07, 6.45) is 2.17. The molecule has 8 heteroatoms. The van der Waals surface area contributed by atoms with E-state index < -0.39 is 0 Å². The standard InChI is InChI=1S/C18H16Cl2N4O2/c1-11-8-17(24-26-11)23-14-4-5-16(22-10-14)18(25)21-7-6-12-2-3-13(19)9-15(12)20/h2-5,8-10H,6-7H2,1H3,(H,21,25)(H,23,24). The summed E-state index contributed by atoms with van der Waals surface area (Å²) in [4.78, 5) is 16.3. The number of rotatable bonds is 6. The van der Waals surface area contributed by atoms with E-state index in [9.17, 15) is 4.79 Å². The molecule has 1 aromatic carbocycles. The van der Waals surface area contributed by atoms with E-state index >= 15 is 0 Å². The first-order valence-corrected chi connectivity index (χ1v) is 8.65. The molecule has 0 fully saturated rings. The number of nitrogens with zero attached hydrogens (tertiary/aromatic N) is 2. The van der Waals surface area contributed by atoms with Gasteiger partial charge in [-0.25, -0.2) is 4.98 Å². The smallest absolute Gasteiger partial charge is 0.269 e. The highest BCUT2D eigenvalue weighted by atomic mass is 35.5. The van der Waals surface area contributed by atoms with Gasteiger partial charge in [0.2, 0.25) is 0 Å². The molecule has 2 aromatic heterocycles. The van der Waals surface area contributed by atoms with Gasteiger partial charge in [0.15, 0.2) is 5.82 Å². The number of pyridine rings is 1. The molecular formula is C18H16Cl2N4O2. The summed E-state index contributed by atoms with van der Waals surface area (Å²) in [5.74, 6) is 1.04. The van der Waals surface area contributed by atoms with Gasteiger partial charge >= 0.3 is 0 Å². The lowest BCUT2D eigenvalue weighted by molar-refractivity contribution is 0.0949. The number of hydrogen-bond acceptors (Lipinski definition) is 5. The first-order chi connectivity index (χ1) is 12.5. The van der Waals surface area contributed by atoms with Crippen molar-refractivity contribution in [2.24, 2.45) is 0 Å². The molecule has 2 heterocycles. The number of nitrogens with one attached hydrogen (secondary N) is 2. The van der Waals surface area contributed by atoms with E-state index in [4.69, 9.17) is 27.7 Å². The van der Waals surface area contributed by atoms with E-state index in [-0.39, 0.29) is 5.91 Å². The maximum Gasteiger partial charge on any atom is 0.269 e. The Labute approximate surface area is 160 Å². The zero-order chi connectivity index (χ0) is 18.5. The Morgan fingerprint density at radius 1 is 1.19 bits per heavy atom. The molecule has 0 spiro atoms. The van der Waals surface area contributed by atoms with Gasteiger partial charge in [-0.05, 0) is 43.2 Å². The molecule has 6 nitrogen and oxygen atoms in total. The fourth-order valence-electron chi connectivity index (χ4n) is 2.30. The molecule has 0 aliphatic heterocycles. The average Bonchev–Trinajstić information content (AvgIpc) is 3.02. The van der Waals surface area contributed by atoms with Crippen LogP contribution < -0.4 is 10.6 Å². The molecule has 0 radical (unpaired) electrons. The summed E-state index contributed by atoms with van der Waals surface area (Å²) in [5.41, 5.74) is 1.96. The van der Waals surface area contributed by atoms with Crippen molar-refractivity contribution in [3.8, 4) is 0 Å². The summed E-state index contributed by atoms with van der Waals surface area (Å²) in [7, 11) is 0. The second kappa shape index (κ2) is 8.21. The number of carbonyl (C=O) groups excluding carboxylic acids is 1. The third kappa shape index (κ3) is 4.74. The van der Waals surface area contributed by atoms with Crippen LogP contribution in [-0.4, -0.2) is 22.6 Å². The quantitative estimate of drug-likeness (QED) is 0.651. The number of carbonyl (C=O) groups is 1. The Morgan fingerprint density at radius 2 is 2.04 bits per heavy atom. The van der Waals surface area contributed by atoms with Crippen molar-refractivity contribution < 1.29 is 9.32 Å². The lowest BCUT2D eigenvalue weighted by Crippen LogP contribution is -2.26. The van der Waals surface area contributed by atoms with Crippen LogP contribution in [0, 0.1) is 6.92 Å². The zero-order valence-electron chi connectivity index (χ0n) is 13.9. The van der Waals surface area contributed by atoms with Gasteiger partial charge in [0.25, 0.3) is 5.91 Å². The summed E-state index contributed by atoms with van der Waals surface area (Å²) >= 11 is 12.0. The Hall–Kier alpha value is -2.57. The molecule has 1 amide bonds. The Kier molecular flexibility index (Phi) is 5.75. The van der Waals surface area contributed by atoms with Gasteiger partial charge in [0, 0.05) is 22.7 Å². The minimum atomic E-state index is -0.251. The molecule has 0 saturated heterocycles. The van der Waals surface area contributed by atoms with E-state index in [0.717, 1.165) is 5.56 Å². The molecule has 3 aromatic rings. The molecule has 0 unspecified atom stereocenters. The molecule has 0 aliphatic rings. The van der Waals surface area contributed by atoms with Crippen LogP contribution in [0.2, 0.25) is 10.0 Å². The van der Waals surface area contributed by atoms with Crippen LogP contribution in [0.3, 0.4) is 0 Å². The average molecular weight is 391 g/mol. The van der Waals surface area contributed by atoms with Crippen LogP contribution in [0.1, 0.15) is 21.8 Å². The second-order valence-electron chi connectivity index (χ2n) is 5.62. The molecule has 26 heavy (non-hydrogen) atoms. The maximum atomic E-state index is 12.2. The highest BCUT2D eigenvalue weighted by molar-refractivity contribution is 6.35. The molecule has 0 atom stereocenters. The molecule has 2 N–H and O–H groups in total. The molecule has 3 rings (SSSR count). The first kappa shape index (κ1) is 18.2. The summed E-state index contributed by atoms with van der Waals surface area (Å²) < 4.78 is 4.98. The Balaban J connectivity index is 1.53. The van der Waals surface area contributed by atoms with Gasteiger partial charge in [-0.15, -0.1) is 0 Å². The zero-order valence-corrected chi connectivity index (χ0v) is 15.4. The number of hydrogen-bond donors (Lipinski definition) is 2. The van der Waals surface area contributed by atoms with Gasteiger partial charge in [0.1, 0.15) is 11.5 Å². The van der Waals surface area contributed by atoms with Crippen molar-refractivity contribution in [3.05, 3.63) is 69.7 Å². The van der Waals surface area contributed by atoms with Gasteiger partial charge in [-0.1, -0.05) is 34.4 Å². The van der Waals surface area contributed by atoms with Crippen molar-refractivity contribution in [2.75, 3.05) is 11.9 Å². The largest absolute Gasteiger partial charge is 0.360 e. The van der Waals surface area contributed by atoms with E-state index in [1.807, 2.05) is 6.07 Å². The van der Waals surface area contributed by atoms with Crippen LogP contribution in [0.5, 0.6) is 0 Å². The van der Waals surface area contributed by atoms with Crippen LogP contribution >= 0.6 is 23.2 Å². The Morgan fingerprint density at radius 3 is 2.69 bits per heavy atom. The maximum absolute atomic E-state index is 12.2. The molecule has 0 saturated carbocycles. The van der Waals surface area contributed by atoms with Crippen molar-refractivity contribution in [2.45, 2.75) is 13.3 Å². The van der Waals surface area contributed by atoms with Crippen LogP contribution in [-0.2, 0) is 6.42 Å². The Bertz CT molecular complexity index is 910. The van der Waals surface area contributed by atoms with Crippen molar-refractivity contribution in [1.29, 1.82) is 0 Å². The van der Waals surface area contributed by atoms with E-state index in [1.54, 1.807) is 43.5 Å². The highest BCUT2D eigenvalue weighted by Crippen LogP contribution is 2.21. The van der Waals surface area contributed by atoms with Crippen LogP contribution in [0.25, 0.3) is 0 Å². The van der Waals surface area contributed by atoms with Crippen LogP contribution in [0.15, 0.2) is 47.1 Å². The molecule has 0 aliphatic carbocycles. The van der Waals surface area contributed by atoms with E-state index in [0.29, 0.717) is 46.0 Å². The summed E-state index contributed by atoms with van der Waals surface area (Å²) in [5, 5.41) is 10.9. The highest BCUT2D eigenvalue weighted by Gasteiger charge is 2.08. The third-order valence-corrected chi connectivity index (χ3v) is 4.18. The van der Waals surface area contributed by atoms with Crippen molar-refractivity contribution >= 4 is 40.6 Å². The third-order valence-electron chi connectivity index (χ3n) is 3.59.